The fourth-order valence-electron chi connectivity index (χ4n) is 4.21. The van der Waals surface area contributed by atoms with Gasteiger partial charge in [0, 0.05) is 30.9 Å². The van der Waals surface area contributed by atoms with E-state index in [1.165, 1.54) is 18.2 Å². The first-order valence-corrected chi connectivity index (χ1v) is 15.6. The Morgan fingerprint density at radius 1 is 0.820 bits per heavy atom. The lowest BCUT2D eigenvalue weighted by Crippen LogP contribution is -2.27. The predicted octanol–water partition coefficient (Wildman–Crippen LogP) is 5.62. The predicted molar refractivity (Wildman–Crippen MR) is 178 cm³/mol. The number of carbonyl (C=O) groups excluding carboxylic acids is 4. The summed E-state index contributed by atoms with van der Waals surface area (Å²) in [4.78, 5) is 71.6. The van der Waals surface area contributed by atoms with E-state index >= 15 is 0 Å². The maximum absolute atomic E-state index is 14.0. The van der Waals surface area contributed by atoms with Crippen LogP contribution >= 0.6 is 11.5 Å². The van der Waals surface area contributed by atoms with E-state index in [4.69, 9.17) is 23.8 Å². The smallest absolute Gasteiger partial charge is 0.414 e. The van der Waals surface area contributed by atoms with Gasteiger partial charge in [0.1, 0.15) is 5.60 Å². The van der Waals surface area contributed by atoms with Gasteiger partial charge in [0.05, 0.1) is 0 Å². The fraction of sp³-hybridized carbons (Fsp3) is 0.235. The minimum absolute atomic E-state index is 0.0194. The van der Waals surface area contributed by atoms with Gasteiger partial charge in [-0.3, -0.25) is 14.9 Å². The lowest BCUT2D eigenvalue weighted by molar-refractivity contribution is -0.162. The van der Waals surface area contributed by atoms with E-state index in [0.717, 1.165) is 13.8 Å². The van der Waals surface area contributed by atoms with Crippen molar-refractivity contribution in [1.29, 1.82) is 0 Å². The second kappa shape index (κ2) is 16.3. The molecule has 0 radical (unpaired) electrons. The summed E-state index contributed by atoms with van der Waals surface area (Å²) in [5.74, 6) is -4.95. The number of nitrogens with one attached hydrogen (secondary N) is 1. The number of benzene rings is 3. The van der Waals surface area contributed by atoms with Crippen molar-refractivity contribution in [2.75, 3.05) is 5.32 Å². The molecule has 1 aromatic heterocycles. The summed E-state index contributed by atoms with van der Waals surface area (Å²) < 4.78 is 25.4. The molecule has 16 heteroatoms. The summed E-state index contributed by atoms with van der Waals surface area (Å²) in [6.45, 7) is 7.24. The number of aromatic nitrogens is 2. The number of carboxylic acid groups (broad SMARTS) is 1. The second-order valence-electron chi connectivity index (χ2n) is 11.3. The molecule has 0 spiro atoms. The number of hydrogen-bond donors (Lipinski definition) is 2. The number of esters is 3. The summed E-state index contributed by atoms with van der Waals surface area (Å²) in [5, 5.41) is 16.0. The van der Waals surface area contributed by atoms with Crippen LogP contribution in [0, 0.1) is 0 Å². The van der Waals surface area contributed by atoms with E-state index in [1.807, 2.05) is 0 Å². The SMILES string of the molecule is CC(=O)Oc1ccc(C(ON=C(C(=O)O)c2nsc(NC(=O)OC(C)(C)C)n2)C(=O)OC(c2ccccc2)c2ccccc2)cc1OC(C)=O. The van der Waals surface area contributed by atoms with E-state index in [2.05, 4.69) is 19.8 Å². The molecule has 0 aliphatic heterocycles. The Hall–Kier alpha value is -6.16. The van der Waals surface area contributed by atoms with Crippen molar-refractivity contribution in [3.05, 3.63) is 101 Å². The number of amides is 1. The quantitative estimate of drug-likeness (QED) is 0.0798. The van der Waals surface area contributed by atoms with Gasteiger partial charge in [-0.25, -0.2) is 14.4 Å². The topological polar surface area (TPSA) is 202 Å². The number of rotatable bonds is 12. The molecule has 1 unspecified atom stereocenters. The molecule has 0 saturated carbocycles. The molecule has 0 saturated heterocycles. The molecule has 2 N–H and O–H groups in total. The van der Waals surface area contributed by atoms with E-state index in [-0.39, 0.29) is 22.2 Å². The van der Waals surface area contributed by atoms with Crippen LogP contribution in [-0.2, 0) is 33.5 Å². The van der Waals surface area contributed by atoms with Gasteiger partial charge in [-0.1, -0.05) is 71.9 Å². The van der Waals surface area contributed by atoms with Gasteiger partial charge in [0.25, 0.3) is 0 Å². The van der Waals surface area contributed by atoms with E-state index in [9.17, 15) is 29.1 Å². The average Bonchev–Trinajstić information content (AvgIpc) is 3.49. The Morgan fingerprint density at radius 2 is 1.40 bits per heavy atom. The summed E-state index contributed by atoms with van der Waals surface area (Å²) in [7, 11) is 0. The lowest BCUT2D eigenvalue weighted by Gasteiger charge is -2.22. The standard InChI is InChI=1S/C34H32N4O11S/c1-19(39)45-24-17-16-23(18-25(24)46-20(2)40)28(31(43)47-27(21-12-8-6-9-13-21)22-14-10-7-11-15-22)49-37-26(30(41)42)29-35-32(50-38-29)36-33(44)48-34(3,4)5/h6-18,27-28H,1-5H3,(H,41,42)(H,35,36,38,44). The molecule has 15 nitrogen and oxygen atoms in total. The zero-order chi connectivity index (χ0) is 36.4. The highest BCUT2D eigenvalue weighted by Gasteiger charge is 2.32. The van der Waals surface area contributed by atoms with Gasteiger partial charge >= 0.3 is 30.0 Å². The largest absolute Gasteiger partial charge is 0.476 e. The van der Waals surface area contributed by atoms with Crippen molar-refractivity contribution in [2.24, 2.45) is 5.16 Å². The van der Waals surface area contributed by atoms with Crippen LogP contribution in [0.4, 0.5) is 9.93 Å². The van der Waals surface area contributed by atoms with Crippen LogP contribution in [0.25, 0.3) is 0 Å². The Kier molecular flexibility index (Phi) is 12.0. The van der Waals surface area contributed by atoms with Crippen molar-refractivity contribution in [3.8, 4) is 11.5 Å². The first kappa shape index (κ1) is 36.7. The molecular formula is C34H32N4O11S. The van der Waals surface area contributed by atoms with Gasteiger partial charge in [-0.15, -0.1) is 0 Å². The summed E-state index contributed by atoms with van der Waals surface area (Å²) in [6.07, 6.45) is -3.56. The summed E-state index contributed by atoms with van der Waals surface area (Å²) >= 11 is 0.650. The van der Waals surface area contributed by atoms with Crippen LogP contribution in [0.1, 0.15) is 69.3 Å². The highest BCUT2D eigenvalue weighted by atomic mass is 32.1. The first-order valence-electron chi connectivity index (χ1n) is 14.8. The van der Waals surface area contributed by atoms with Crippen molar-refractivity contribution in [2.45, 2.75) is 52.4 Å². The van der Waals surface area contributed by atoms with Crippen molar-refractivity contribution < 1.29 is 52.9 Å². The Bertz CT molecular complexity index is 1850. The monoisotopic (exact) mass is 704 g/mol. The molecule has 260 valence electrons. The van der Waals surface area contributed by atoms with Crippen molar-refractivity contribution in [3.63, 3.8) is 0 Å². The van der Waals surface area contributed by atoms with Gasteiger partial charge in [-0.05, 0) is 44.0 Å². The molecule has 1 amide bonds. The molecule has 3 aromatic carbocycles. The Morgan fingerprint density at radius 3 is 1.94 bits per heavy atom. The molecule has 1 atom stereocenters. The van der Waals surface area contributed by atoms with Gasteiger partial charge in [-0.2, -0.15) is 9.36 Å². The van der Waals surface area contributed by atoms with E-state index in [1.54, 1.807) is 81.4 Å². The molecule has 0 aliphatic rings. The van der Waals surface area contributed by atoms with Crippen LogP contribution in [-0.4, -0.2) is 55.7 Å². The summed E-state index contributed by atoms with van der Waals surface area (Å²) in [5.41, 5.74) is -0.426. The zero-order valence-corrected chi connectivity index (χ0v) is 28.3. The Labute approximate surface area is 290 Å². The number of carboxylic acids is 1. The normalized spacial score (nSPS) is 12.0. The minimum Gasteiger partial charge on any atom is -0.476 e. The highest BCUT2D eigenvalue weighted by Crippen LogP contribution is 2.35. The maximum Gasteiger partial charge on any atom is 0.414 e. The molecule has 4 aromatic rings. The molecule has 0 fully saturated rings. The van der Waals surface area contributed by atoms with Gasteiger partial charge < -0.3 is 28.9 Å². The van der Waals surface area contributed by atoms with Crippen LogP contribution in [0.2, 0.25) is 0 Å². The molecular weight excluding hydrogens is 672 g/mol. The van der Waals surface area contributed by atoms with E-state index in [0.29, 0.717) is 22.7 Å². The third-order valence-corrected chi connectivity index (χ3v) is 6.76. The zero-order valence-electron chi connectivity index (χ0n) is 27.4. The molecule has 0 aliphatic carbocycles. The van der Waals surface area contributed by atoms with Crippen LogP contribution in [0.3, 0.4) is 0 Å². The van der Waals surface area contributed by atoms with Crippen LogP contribution in [0.5, 0.6) is 11.5 Å². The van der Waals surface area contributed by atoms with Crippen molar-refractivity contribution >= 4 is 52.3 Å². The first-order chi connectivity index (χ1) is 23.7. The van der Waals surface area contributed by atoms with E-state index < -0.39 is 59.3 Å². The minimum atomic E-state index is -1.78. The Balaban J connectivity index is 1.74. The summed E-state index contributed by atoms with van der Waals surface area (Å²) in [6, 6.07) is 21.4. The van der Waals surface area contributed by atoms with Gasteiger partial charge in [0.15, 0.2) is 17.6 Å². The van der Waals surface area contributed by atoms with Gasteiger partial charge in [0.2, 0.25) is 22.8 Å². The number of hydrogen-bond acceptors (Lipinski definition) is 14. The second-order valence-corrected chi connectivity index (χ2v) is 12.1. The number of aliphatic carboxylic acids is 1. The van der Waals surface area contributed by atoms with Crippen LogP contribution < -0.4 is 14.8 Å². The number of anilines is 1. The van der Waals surface area contributed by atoms with Crippen molar-refractivity contribution in [1.82, 2.24) is 9.36 Å². The molecule has 4 rings (SSSR count). The van der Waals surface area contributed by atoms with Crippen LogP contribution in [0.15, 0.2) is 84.0 Å². The fourth-order valence-corrected chi connectivity index (χ4v) is 4.76. The highest BCUT2D eigenvalue weighted by molar-refractivity contribution is 7.10. The average molecular weight is 705 g/mol. The number of ether oxygens (including phenoxy) is 4. The lowest BCUT2D eigenvalue weighted by atomic mass is 10.0. The maximum atomic E-state index is 14.0. The molecule has 50 heavy (non-hydrogen) atoms. The third-order valence-electron chi connectivity index (χ3n) is 6.13. The number of carbonyl (C=O) groups is 5. The molecule has 0 bridgehead atoms. The number of nitrogens with zero attached hydrogens (tertiary/aromatic N) is 3. The third kappa shape index (κ3) is 10.4. The number of oxime groups is 1. The molecule has 1 heterocycles.